The maximum Gasteiger partial charge on any atom is 0.416 e. The number of pyridine rings is 1. The first-order valence-corrected chi connectivity index (χ1v) is 11.0. The number of anilines is 1. The zero-order chi connectivity index (χ0) is 27.7. The van der Waals surface area contributed by atoms with E-state index in [1.165, 1.54) is 38.1 Å². The number of carboxylic acids is 1. The molecule has 3 aromatic rings. The van der Waals surface area contributed by atoms with Gasteiger partial charge in [-0.3, -0.25) is 4.79 Å². The second kappa shape index (κ2) is 10.5. The minimum atomic E-state index is -4.82. The zero-order valence-corrected chi connectivity index (χ0v) is 20.4. The van der Waals surface area contributed by atoms with Crippen LogP contribution in [0.25, 0.3) is 16.5 Å². The number of rotatable bonds is 6. The molecule has 11 heteroatoms. The van der Waals surface area contributed by atoms with E-state index in [2.05, 4.69) is 10.3 Å². The molecule has 0 aliphatic heterocycles. The fraction of sp³-hybridized carbons (Fsp3) is 0.192. The Balaban J connectivity index is 2.37. The van der Waals surface area contributed by atoms with Crippen molar-refractivity contribution in [2.24, 2.45) is 0 Å². The summed E-state index contributed by atoms with van der Waals surface area (Å²) in [6, 6.07) is 2.97. The van der Waals surface area contributed by atoms with Gasteiger partial charge >= 0.3 is 12.1 Å². The summed E-state index contributed by atoms with van der Waals surface area (Å²) in [6.45, 7) is 4.29. The normalized spacial score (nSPS) is 13.4. The van der Waals surface area contributed by atoms with Crippen LogP contribution in [0.1, 0.15) is 52.8 Å². The highest BCUT2D eigenvalue weighted by Crippen LogP contribution is 2.37. The van der Waals surface area contributed by atoms with Crippen molar-refractivity contribution in [2.45, 2.75) is 33.0 Å². The van der Waals surface area contributed by atoms with Gasteiger partial charge in [-0.2, -0.15) is 17.6 Å². The molecule has 0 saturated carbocycles. The number of benzene rings is 1. The van der Waals surface area contributed by atoms with Crippen molar-refractivity contribution >= 4 is 39.8 Å². The number of nitrogens with one attached hydrogen (secondary N) is 1. The van der Waals surface area contributed by atoms with Gasteiger partial charge in [-0.05, 0) is 51.0 Å². The van der Waals surface area contributed by atoms with Gasteiger partial charge in [0.2, 0.25) is 0 Å². The Bertz CT molecular complexity index is 1570. The third-order valence-electron chi connectivity index (χ3n) is 5.42. The number of allylic oxidation sites excluding steroid dienone is 4. The molecule has 0 amide bonds. The lowest BCUT2D eigenvalue weighted by Crippen LogP contribution is -2.17. The van der Waals surface area contributed by atoms with E-state index in [1.807, 2.05) is 5.92 Å². The summed E-state index contributed by atoms with van der Waals surface area (Å²) < 4.78 is 61.6. The van der Waals surface area contributed by atoms with Crippen LogP contribution in [0.5, 0.6) is 0 Å². The average molecular weight is 535 g/mol. The molecule has 0 aliphatic rings. The van der Waals surface area contributed by atoms with Crippen molar-refractivity contribution in [3.8, 4) is 12.3 Å². The number of aromatic carboxylic acids is 1. The third kappa shape index (κ3) is 5.52. The monoisotopic (exact) mass is 534 g/mol. The summed E-state index contributed by atoms with van der Waals surface area (Å²) in [6.07, 6.45) is 3.10. The van der Waals surface area contributed by atoms with E-state index >= 15 is 0 Å². The van der Waals surface area contributed by atoms with Gasteiger partial charge in [0, 0.05) is 11.1 Å². The first kappa shape index (κ1) is 27.5. The van der Waals surface area contributed by atoms with Gasteiger partial charge in [0.05, 0.1) is 28.3 Å². The number of alkyl halides is 3. The standard InChI is InChI=1S/C26H19ClF4N2O4/c1-5-7-15(18(28)6-2)23-12(3)22(34)17-11-14(26(29,30)31)10-16(24(17)37-23)13(4)32-19-8-9-20(27)33-21(19)25(35)36/h2,5,7-11,13,32H,1,3-4H3,(H,35,36)/b7-5-,18-15-. The number of carboxylic acid groups (broad SMARTS) is 1. The van der Waals surface area contributed by atoms with Gasteiger partial charge in [0.15, 0.2) is 16.9 Å². The summed E-state index contributed by atoms with van der Waals surface area (Å²) in [5.41, 5.74) is -3.24. The number of halogens is 5. The minimum absolute atomic E-state index is 0.0440. The average Bonchev–Trinajstić information content (AvgIpc) is 2.84. The Morgan fingerprint density at radius 3 is 2.57 bits per heavy atom. The van der Waals surface area contributed by atoms with Crippen molar-refractivity contribution in [1.29, 1.82) is 0 Å². The number of terminal acetylenes is 1. The van der Waals surface area contributed by atoms with E-state index < -0.39 is 46.1 Å². The van der Waals surface area contributed by atoms with E-state index in [4.69, 9.17) is 22.4 Å². The van der Waals surface area contributed by atoms with Crippen LogP contribution in [0.15, 0.2) is 51.5 Å². The maximum atomic E-state index is 14.5. The summed E-state index contributed by atoms with van der Waals surface area (Å²) in [5.74, 6) is -0.892. The molecule has 2 heterocycles. The SMILES string of the molecule is C#C/C(F)=C(\C=C/C)c1oc2c(C(C)Nc3ccc(Cl)nc3C(=O)O)cc(C(F)(F)F)cc2c(=O)c1C. The molecule has 1 unspecified atom stereocenters. The Labute approximate surface area is 213 Å². The molecule has 37 heavy (non-hydrogen) atoms. The third-order valence-corrected chi connectivity index (χ3v) is 5.63. The van der Waals surface area contributed by atoms with Crippen LogP contribution in [0.3, 0.4) is 0 Å². The topological polar surface area (TPSA) is 92.4 Å². The largest absolute Gasteiger partial charge is 0.476 e. The van der Waals surface area contributed by atoms with Crippen molar-refractivity contribution in [3.05, 3.63) is 85.8 Å². The molecule has 3 rings (SSSR count). The highest BCUT2D eigenvalue weighted by Gasteiger charge is 2.33. The van der Waals surface area contributed by atoms with Gasteiger partial charge in [0.1, 0.15) is 16.5 Å². The molecule has 1 atom stereocenters. The highest BCUT2D eigenvalue weighted by molar-refractivity contribution is 6.29. The Morgan fingerprint density at radius 2 is 2.00 bits per heavy atom. The minimum Gasteiger partial charge on any atom is -0.476 e. The van der Waals surface area contributed by atoms with Crippen LogP contribution in [0, 0.1) is 19.3 Å². The van der Waals surface area contributed by atoms with Crippen LogP contribution in [0.2, 0.25) is 5.15 Å². The first-order valence-electron chi connectivity index (χ1n) is 10.6. The smallest absolute Gasteiger partial charge is 0.416 e. The molecule has 0 aliphatic carbocycles. The van der Waals surface area contributed by atoms with Crippen LogP contribution in [-0.2, 0) is 6.18 Å². The summed E-state index contributed by atoms with van der Waals surface area (Å²) in [5, 5.41) is 11.7. The number of hydrogen-bond acceptors (Lipinski definition) is 5. The summed E-state index contributed by atoms with van der Waals surface area (Å²) in [4.78, 5) is 28.5. The Morgan fingerprint density at radius 1 is 1.32 bits per heavy atom. The van der Waals surface area contributed by atoms with Crippen LogP contribution < -0.4 is 10.7 Å². The van der Waals surface area contributed by atoms with Crippen molar-refractivity contribution < 1.29 is 31.9 Å². The number of carbonyl (C=O) groups is 1. The molecule has 6 nitrogen and oxygen atoms in total. The van der Waals surface area contributed by atoms with Crippen molar-refractivity contribution in [1.82, 2.24) is 4.98 Å². The molecule has 0 spiro atoms. The van der Waals surface area contributed by atoms with E-state index in [1.54, 1.807) is 6.92 Å². The number of nitrogens with zero attached hydrogens (tertiary/aromatic N) is 1. The van der Waals surface area contributed by atoms with Gasteiger partial charge in [-0.25, -0.2) is 9.78 Å². The second-order valence-electron chi connectivity index (χ2n) is 7.90. The molecule has 0 fully saturated rings. The molecule has 2 N–H and O–H groups in total. The Hall–Kier alpha value is -4.10. The fourth-order valence-corrected chi connectivity index (χ4v) is 3.83. The van der Waals surface area contributed by atoms with Gasteiger partial charge in [-0.15, -0.1) is 6.42 Å². The lowest BCUT2D eigenvalue weighted by Gasteiger charge is -2.20. The predicted octanol–water partition coefficient (Wildman–Crippen LogP) is 6.93. The number of aromatic nitrogens is 1. The molecule has 0 bridgehead atoms. The van der Waals surface area contributed by atoms with Crippen molar-refractivity contribution in [2.75, 3.05) is 5.32 Å². The summed E-state index contributed by atoms with van der Waals surface area (Å²) >= 11 is 5.77. The van der Waals surface area contributed by atoms with E-state index in [-0.39, 0.29) is 38.9 Å². The predicted molar refractivity (Wildman–Crippen MR) is 132 cm³/mol. The molecule has 1 aromatic carbocycles. The number of fused-ring (bicyclic) bond motifs is 1. The molecular formula is C26H19ClF4N2O4. The molecule has 192 valence electrons. The van der Waals surface area contributed by atoms with Crippen molar-refractivity contribution in [3.63, 3.8) is 0 Å². The molecule has 0 radical (unpaired) electrons. The maximum absolute atomic E-state index is 14.5. The summed E-state index contributed by atoms with van der Waals surface area (Å²) in [7, 11) is 0. The quantitative estimate of drug-likeness (QED) is 0.154. The first-order chi connectivity index (χ1) is 17.3. The molecule has 0 saturated heterocycles. The lowest BCUT2D eigenvalue weighted by molar-refractivity contribution is -0.137. The highest BCUT2D eigenvalue weighted by atomic mass is 35.5. The molecular weight excluding hydrogens is 516 g/mol. The van der Waals surface area contributed by atoms with E-state index in [9.17, 15) is 32.3 Å². The van der Waals surface area contributed by atoms with E-state index in [0.717, 1.165) is 6.07 Å². The van der Waals surface area contributed by atoms with E-state index in [0.29, 0.717) is 6.07 Å². The fourth-order valence-electron chi connectivity index (χ4n) is 3.68. The Kier molecular flexibility index (Phi) is 7.79. The van der Waals surface area contributed by atoms with Crippen LogP contribution >= 0.6 is 11.6 Å². The van der Waals surface area contributed by atoms with Crippen LogP contribution in [0.4, 0.5) is 23.2 Å². The van der Waals surface area contributed by atoms with Crippen LogP contribution in [-0.4, -0.2) is 16.1 Å². The van der Waals surface area contributed by atoms with Gasteiger partial charge in [-0.1, -0.05) is 23.8 Å². The molecule has 2 aromatic heterocycles. The van der Waals surface area contributed by atoms with Gasteiger partial charge < -0.3 is 14.8 Å². The number of hydrogen-bond donors (Lipinski definition) is 2. The zero-order valence-electron chi connectivity index (χ0n) is 19.6. The lowest BCUT2D eigenvalue weighted by atomic mass is 9.97. The van der Waals surface area contributed by atoms with Gasteiger partial charge in [0.25, 0.3) is 0 Å². The second-order valence-corrected chi connectivity index (χ2v) is 8.29.